The molecule has 0 radical (unpaired) electrons. The second-order valence-corrected chi connectivity index (χ2v) is 7.54. The summed E-state index contributed by atoms with van der Waals surface area (Å²) in [5.74, 6) is 2.08. The Kier molecular flexibility index (Phi) is 6.77. The van der Waals surface area contributed by atoms with Crippen molar-refractivity contribution in [3.63, 3.8) is 0 Å². The van der Waals surface area contributed by atoms with Gasteiger partial charge in [-0.15, -0.1) is 10.2 Å². The van der Waals surface area contributed by atoms with E-state index in [1.165, 1.54) is 11.8 Å². The molecular weight excluding hydrogens is 388 g/mol. The molecule has 0 fully saturated rings. The number of amides is 1. The van der Waals surface area contributed by atoms with Gasteiger partial charge in [-0.25, -0.2) is 0 Å². The van der Waals surface area contributed by atoms with Crippen molar-refractivity contribution in [3.8, 4) is 22.9 Å². The van der Waals surface area contributed by atoms with Crippen molar-refractivity contribution in [1.29, 1.82) is 0 Å². The van der Waals surface area contributed by atoms with E-state index in [2.05, 4.69) is 15.5 Å². The van der Waals surface area contributed by atoms with Crippen LogP contribution in [0, 0.1) is 0 Å². The van der Waals surface area contributed by atoms with Gasteiger partial charge in [0.05, 0.1) is 25.0 Å². The van der Waals surface area contributed by atoms with Gasteiger partial charge in [-0.3, -0.25) is 4.79 Å². The SMILES string of the molecule is CCn1c(SC(C)C(=O)Nc2ccc(OC)cc2)nnc1-c1ccccc1OC. The van der Waals surface area contributed by atoms with Crippen LogP contribution < -0.4 is 14.8 Å². The van der Waals surface area contributed by atoms with E-state index in [0.717, 1.165) is 28.6 Å². The van der Waals surface area contributed by atoms with E-state index in [0.29, 0.717) is 11.7 Å². The van der Waals surface area contributed by atoms with E-state index in [4.69, 9.17) is 9.47 Å². The number of methoxy groups -OCH3 is 2. The van der Waals surface area contributed by atoms with E-state index in [9.17, 15) is 4.79 Å². The number of hydrogen-bond donors (Lipinski definition) is 1. The fourth-order valence-corrected chi connectivity index (χ4v) is 3.73. The van der Waals surface area contributed by atoms with Crippen LogP contribution in [0.25, 0.3) is 11.4 Å². The summed E-state index contributed by atoms with van der Waals surface area (Å²) >= 11 is 1.37. The van der Waals surface area contributed by atoms with E-state index in [-0.39, 0.29) is 11.2 Å². The highest BCUT2D eigenvalue weighted by molar-refractivity contribution is 8.00. The molecule has 0 bridgehead atoms. The zero-order valence-corrected chi connectivity index (χ0v) is 17.7. The molecule has 0 aliphatic rings. The van der Waals surface area contributed by atoms with Crippen molar-refractivity contribution in [2.45, 2.75) is 30.8 Å². The second kappa shape index (κ2) is 9.47. The van der Waals surface area contributed by atoms with E-state index in [1.54, 1.807) is 26.4 Å². The largest absolute Gasteiger partial charge is 0.497 e. The minimum atomic E-state index is -0.350. The lowest BCUT2D eigenvalue weighted by Gasteiger charge is -2.13. The fraction of sp³-hybridized carbons (Fsp3) is 0.286. The topological polar surface area (TPSA) is 78.3 Å². The highest BCUT2D eigenvalue weighted by atomic mass is 32.2. The van der Waals surface area contributed by atoms with Gasteiger partial charge in [0.1, 0.15) is 11.5 Å². The molecule has 0 saturated carbocycles. The Balaban J connectivity index is 1.75. The Bertz CT molecular complexity index is 972. The van der Waals surface area contributed by atoms with Crippen LogP contribution in [0.15, 0.2) is 53.7 Å². The average Bonchev–Trinajstić information content (AvgIpc) is 3.16. The number of aromatic nitrogens is 3. The Labute approximate surface area is 174 Å². The summed E-state index contributed by atoms with van der Waals surface area (Å²) in [5, 5.41) is 11.9. The number of para-hydroxylation sites is 1. The van der Waals surface area contributed by atoms with Gasteiger partial charge in [0.2, 0.25) is 5.91 Å². The van der Waals surface area contributed by atoms with Crippen LogP contribution in [0.5, 0.6) is 11.5 Å². The van der Waals surface area contributed by atoms with Crippen molar-refractivity contribution in [2.75, 3.05) is 19.5 Å². The van der Waals surface area contributed by atoms with Crippen LogP contribution in [0.2, 0.25) is 0 Å². The molecule has 0 aliphatic heterocycles. The summed E-state index contributed by atoms with van der Waals surface area (Å²) in [4.78, 5) is 12.6. The summed E-state index contributed by atoms with van der Waals surface area (Å²) in [6.07, 6.45) is 0. The van der Waals surface area contributed by atoms with Gasteiger partial charge < -0.3 is 19.4 Å². The molecule has 0 aliphatic carbocycles. The van der Waals surface area contributed by atoms with E-state index >= 15 is 0 Å². The highest BCUT2D eigenvalue weighted by Gasteiger charge is 2.21. The molecule has 1 amide bonds. The van der Waals surface area contributed by atoms with Crippen LogP contribution in [0.4, 0.5) is 5.69 Å². The van der Waals surface area contributed by atoms with Crippen LogP contribution in [-0.2, 0) is 11.3 Å². The maximum atomic E-state index is 12.6. The molecule has 29 heavy (non-hydrogen) atoms. The summed E-state index contributed by atoms with van der Waals surface area (Å²) in [7, 11) is 3.24. The molecule has 1 unspecified atom stereocenters. The summed E-state index contributed by atoms with van der Waals surface area (Å²) in [6, 6.07) is 14.9. The molecule has 3 rings (SSSR count). The fourth-order valence-electron chi connectivity index (χ4n) is 2.82. The van der Waals surface area contributed by atoms with Crippen LogP contribution in [-0.4, -0.2) is 40.1 Å². The lowest BCUT2D eigenvalue weighted by atomic mass is 10.2. The maximum Gasteiger partial charge on any atom is 0.237 e. The quantitative estimate of drug-likeness (QED) is 0.561. The molecule has 1 N–H and O–H groups in total. The smallest absolute Gasteiger partial charge is 0.237 e. The van der Waals surface area contributed by atoms with Crippen molar-refractivity contribution in [1.82, 2.24) is 14.8 Å². The number of nitrogens with zero attached hydrogens (tertiary/aromatic N) is 3. The maximum absolute atomic E-state index is 12.6. The van der Waals surface area contributed by atoms with Crippen molar-refractivity contribution < 1.29 is 14.3 Å². The van der Waals surface area contributed by atoms with Crippen LogP contribution in [0.3, 0.4) is 0 Å². The monoisotopic (exact) mass is 412 g/mol. The molecular formula is C21H24N4O3S. The number of thioether (sulfide) groups is 1. The van der Waals surface area contributed by atoms with Gasteiger partial charge in [0.25, 0.3) is 0 Å². The molecule has 1 aromatic heterocycles. The lowest BCUT2D eigenvalue weighted by Crippen LogP contribution is -2.22. The number of carbonyl (C=O) groups excluding carboxylic acids is 1. The normalized spacial score (nSPS) is 11.7. The second-order valence-electron chi connectivity index (χ2n) is 6.23. The molecule has 1 heterocycles. The first-order valence-electron chi connectivity index (χ1n) is 9.25. The van der Waals surface area contributed by atoms with Gasteiger partial charge >= 0.3 is 0 Å². The molecule has 0 spiro atoms. The van der Waals surface area contributed by atoms with Gasteiger partial charge in [0, 0.05) is 12.2 Å². The number of benzene rings is 2. The number of carbonyl (C=O) groups is 1. The van der Waals surface area contributed by atoms with Gasteiger partial charge in [-0.2, -0.15) is 0 Å². The number of hydrogen-bond acceptors (Lipinski definition) is 6. The molecule has 3 aromatic rings. The van der Waals surface area contributed by atoms with Crippen molar-refractivity contribution in [2.24, 2.45) is 0 Å². The molecule has 7 nitrogen and oxygen atoms in total. The van der Waals surface area contributed by atoms with Gasteiger partial charge in [-0.1, -0.05) is 23.9 Å². The summed E-state index contributed by atoms with van der Waals surface area (Å²) < 4.78 is 12.6. The zero-order valence-electron chi connectivity index (χ0n) is 16.9. The number of nitrogens with one attached hydrogen (secondary N) is 1. The van der Waals surface area contributed by atoms with E-state index in [1.807, 2.05) is 54.8 Å². The minimum absolute atomic E-state index is 0.107. The van der Waals surface area contributed by atoms with Crippen molar-refractivity contribution >= 4 is 23.4 Å². The lowest BCUT2D eigenvalue weighted by molar-refractivity contribution is -0.115. The Morgan fingerprint density at radius 1 is 1.10 bits per heavy atom. The summed E-state index contributed by atoms with van der Waals surface area (Å²) in [6.45, 7) is 4.55. The summed E-state index contributed by atoms with van der Waals surface area (Å²) in [5.41, 5.74) is 1.58. The first-order valence-corrected chi connectivity index (χ1v) is 10.1. The first-order chi connectivity index (χ1) is 14.1. The molecule has 0 saturated heterocycles. The average molecular weight is 413 g/mol. The standard InChI is InChI=1S/C21H24N4O3S/c1-5-25-19(17-8-6-7-9-18(17)28-4)23-24-21(25)29-14(2)20(26)22-15-10-12-16(27-3)13-11-15/h6-14H,5H2,1-4H3,(H,22,26). The van der Waals surface area contributed by atoms with Crippen molar-refractivity contribution in [3.05, 3.63) is 48.5 Å². The molecule has 152 valence electrons. The predicted molar refractivity (Wildman–Crippen MR) is 115 cm³/mol. The van der Waals surface area contributed by atoms with E-state index < -0.39 is 0 Å². The number of anilines is 1. The Hall–Kier alpha value is -3.00. The minimum Gasteiger partial charge on any atom is -0.497 e. The Morgan fingerprint density at radius 2 is 1.83 bits per heavy atom. The molecule has 2 aromatic carbocycles. The predicted octanol–water partition coefficient (Wildman–Crippen LogP) is 4.10. The first kappa shape index (κ1) is 20.7. The third-order valence-electron chi connectivity index (χ3n) is 4.39. The van der Waals surface area contributed by atoms with Crippen LogP contribution in [0.1, 0.15) is 13.8 Å². The Morgan fingerprint density at radius 3 is 2.48 bits per heavy atom. The van der Waals surface area contributed by atoms with Gasteiger partial charge in [0.15, 0.2) is 11.0 Å². The third-order valence-corrected chi connectivity index (χ3v) is 5.47. The zero-order chi connectivity index (χ0) is 20.8. The third kappa shape index (κ3) is 4.71. The van der Waals surface area contributed by atoms with Crippen LogP contribution >= 0.6 is 11.8 Å². The number of rotatable bonds is 8. The molecule has 1 atom stereocenters. The number of ether oxygens (including phenoxy) is 2. The van der Waals surface area contributed by atoms with Gasteiger partial charge in [-0.05, 0) is 50.2 Å². The molecule has 8 heteroatoms. The highest BCUT2D eigenvalue weighted by Crippen LogP contribution is 2.32.